The molecule has 0 atom stereocenters. The summed E-state index contributed by atoms with van der Waals surface area (Å²) in [5.41, 5.74) is 9.77. The molecule has 0 bridgehead atoms. The van der Waals surface area contributed by atoms with Crippen LogP contribution >= 0.6 is 15.9 Å². The summed E-state index contributed by atoms with van der Waals surface area (Å²) in [6, 6.07) is 7.67. The summed E-state index contributed by atoms with van der Waals surface area (Å²) >= 11 is 3.45. The van der Waals surface area contributed by atoms with Crippen LogP contribution in [0.3, 0.4) is 0 Å². The summed E-state index contributed by atoms with van der Waals surface area (Å²) in [6.45, 7) is 2.16. The molecule has 0 saturated heterocycles. The van der Waals surface area contributed by atoms with Crippen molar-refractivity contribution in [1.82, 2.24) is 0 Å². The maximum Gasteiger partial charge on any atom is 0.201 e. The van der Waals surface area contributed by atoms with E-state index in [4.69, 9.17) is 16.4 Å². The molecular weight excluding hydrogens is 306 g/mol. The van der Waals surface area contributed by atoms with E-state index in [1.807, 2.05) is 18.2 Å². The molecule has 0 aliphatic carbocycles. The van der Waals surface area contributed by atoms with Crippen molar-refractivity contribution in [3.05, 3.63) is 28.2 Å². The van der Waals surface area contributed by atoms with Crippen molar-refractivity contribution in [3.63, 3.8) is 0 Å². The predicted octanol–water partition coefficient (Wildman–Crippen LogP) is 3.02. The average Bonchev–Trinajstić information content (AvgIpc) is 2.38. The summed E-state index contributed by atoms with van der Waals surface area (Å²) in [5, 5.41) is 19.7. The van der Waals surface area contributed by atoms with Gasteiger partial charge in [-0.1, -0.05) is 19.4 Å². The van der Waals surface area contributed by atoms with Gasteiger partial charge < -0.3 is 5.73 Å². The van der Waals surface area contributed by atoms with E-state index in [9.17, 15) is 0 Å². The number of hydrogen-bond donors (Lipinski definition) is 3. The fraction of sp³-hybridized carbons (Fsp3) is 0.308. The van der Waals surface area contributed by atoms with Gasteiger partial charge in [0.25, 0.3) is 0 Å². The Morgan fingerprint density at radius 1 is 1.58 bits per heavy atom. The first kappa shape index (κ1) is 15.2. The lowest BCUT2D eigenvalue weighted by molar-refractivity contribution is 0.795. The van der Waals surface area contributed by atoms with Crippen LogP contribution in [0.15, 0.2) is 27.8 Å². The smallest absolute Gasteiger partial charge is 0.201 e. The van der Waals surface area contributed by atoms with E-state index in [2.05, 4.69) is 33.4 Å². The first-order chi connectivity index (χ1) is 9.08. The van der Waals surface area contributed by atoms with E-state index in [0.29, 0.717) is 0 Å². The van der Waals surface area contributed by atoms with Crippen LogP contribution in [0.5, 0.6) is 0 Å². The lowest BCUT2D eigenvalue weighted by Crippen LogP contribution is -2.21. The maximum atomic E-state index is 8.73. The van der Waals surface area contributed by atoms with Crippen LogP contribution in [-0.2, 0) is 6.42 Å². The molecule has 0 fully saturated rings. The first-order valence-corrected chi connectivity index (χ1v) is 6.74. The van der Waals surface area contributed by atoms with Gasteiger partial charge in [0.05, 0.1) is 5.69 Å². The molecule has 6 heteroatoms. The zero-order valence-corrected chi connectivity index (χ0v) is 12.3. The van der Waals surface area contributed by atoms with E-state index >= 15 is 0 Å². The molecule has 0 amide bonds. The Balaban J connectivity index is 2.81. The highest BCUT2D eigenvalue weighted by atomic mass is 79.9. The number of aryl methyl sites for hydroxylation is 1. The number of rotatable bonds is 6. The molecule has 19 heavy (non-hydrogen) atoms. The molecule has 0 unspecified atom stereocenters. The maximum absolute atomic E-state index is 8.73. The minimum Gasteiger partial charge on any atom is -0.382 e. The Bertz CT molecular complexity index is 530. The van der Waals surface area contributed by atoms with Crippen LogP contribution in [0, 0.1) is 16.7 Å². The molecule has 1 aromatic carbocycles. The van der Waals surface area contributed by atoms with Crippen molar-refractivity contribution in [1.29, 1.82) is 10.7 Å². The molecule has 0 aliphatic heterocycles. The van der Waals surface area contributed by atoms with Gasteiger partial charge in [-0.25, -0.2) is 0 Å². The van der Waals surface area contributed by atoms with Crippen molar-refractivity contribution >= 4 is 33.2 Å². The molecule has 100 valence electrons. The second kappa shape index (κ2) is 7.54. The molecule has 1 rings (SSSR count). The Hall–Kier alpha value is -1.87. The van der Waals surface area contributed by atoms with Crippen LogP contribution in [0.4, 0.5) is 5.69 Å². The second-order valence-corrected chi connectivity index (χ2v) is 4.87. The largest absolute Gasteiger partial charge is 0.382 e. The third-order valence-electron chi connectivity index (χ3n) is 2.50. The van der Waals surface area contributed by atoms with Gasteiger partial charge in [0, 0.05) is 4.47 Å². The van der Waals surface area contributed by atoms with Gasteiger partial charge in [-0.2, -0.15) is 10.4 Å². The molecule has 0 spiro atoms. The van der Waals surface area contributed by atoms with Crippen LogP contribution in [0.2, 0.25) is 0 Å². The number of hydrazone groups is 1. The van der Waals surface area contributed by atoms with Gasteiger partial charge >= 0.3 is 0 Å². The van der Waals surface area contributed by atoms with E-state index in [-0.39, 0.29) is 11.5 Å². The Labute approximate surface area is 121 Å². The molecule has 0 aliphatic rings. The highest BCUT2D eigenvalue weighted by Crippen LogP contribution is 2.24. The van der Waals surface area contributed by atoms with E-state index < -0.39 is 0 Å². The number of hydrogen-bond acceptors (Lipinski definition) is 4. The minimum absolute atomic E-state index is 0.137. The summed E-state index contributed by atoms with van der Waals surface area (Å²) < 4.78 is 0.866. The lowest BCUT2D eigenvalue weighted by atomic mass is 10.1. The highest BCUT2D eigenvalue weighted by Gasteiger charge is 2.04. The normalized spacial score (nSPS) is 10.9. The van der Waals surface area contributed by atoms with Crippen molar-refractivity contribution < 1.29 is 0 Å². The van der Waals surface area contributed by atoms with E-state index in [1.54, 1.807) is 6.07 Å². The topological polar surface area (TPSA) is 98.0 Å². The summed E-state index contributed by atoms with van der Waals surface area (Å²) in [4.78, 5) is 0. The molecular formula is C13H16BrN5. The number of nitrogens with zero attached hydrogens (tertiary/aromatic N) is 2. The molecule has 5 nitrogen and oxygen atoms in total. The molecule has 0 heterocycles. The van der Waals surface area contributed by atoms with Crippen molar-refractivity contribution in [2.75, 3.05) is 5.43 Å². The van der Waals surface area contributed by atoms with Gasteiger partial charge in [0.1, 0.15) is 6.07 Å². The fourth-order valence-electron chi connectivity index (χ4n) is 1.45. The predicted molar refractivity (Wildman–Crippen MR) is 81.3 cm³/mol. The van der Waals surface area contributed by atoms with E-state index in [0.717, 1.165) is 29.4 Å². The number of benzene rings is 1. The molecule has 1 aromatic rings. The lowest BCUT2D eigenvalue weighted by Gasteiger charge is -2.07. The SMILES string of the molecule is CCCCc1ccc(N/N=C(\C#N)C(=N)N)c(Br)c1. The van der Waals surface area contributed by atoms with Gasteiger partial charge in [-0.3, -0.25) is 10.8 Å². The first-order valence-electron chi connectivity index (χ1n) is 5.95. The molecule has 0 aromatic heterocycles. The van der Waals surface area contributed by atoms with Crippen LogP contribution in [-0.4, -0.2) is 11.5 Å². The third kappa shape index (κ3) is 4.72. The van der Waals surface area contributed by atoms with Crippen molar-refractivity contribution in [3.8, 4) is 6.07 Å². The number of halogens is 1. The van der Waals surface area contributed by atoms with Crippen LogP contribution in [0.25, 0.3) is 0 Å². The van der Waals surface area contributed by atoms with Gasteiger partial charge in [-0.05, 0) is 46.5 Å². The number of anilines is 1. The Kier molecular flexibility index (Phi) is 6.03. The van der Waals surface area contributed by atoms with Gasteiger partial charge in [-0.15, -0.1) is 0 Å². The summed E-state index contributed by atoms with van der Waals surface area (Å²) in [6.07, 6.45) is 3.35. The quantitative estimate of drug-likeness (QED) is 0.426. The van der Waals surface area contributed by atoms with Gasteiger partial charge in [0.15, 0.2) is 5.84 Å². The third-order valence-corrected chi connectivity index (χ3v) is 3.16. The standard InChI is InChI=1S/C13H16BrN5/c1-2-3-4-9-5-6-11(10(14)7-9)18-19-12(8-15)13(16)17/h5-7,18H,2-4H2,1H3,(H3,16,17)/b19-12+. The van der Waals surface area contributed by atoms with Crippen LogP contribution < -0.4 is 11.2 Å². The monoisotopic (exact) mass is 321 g/mol. The Morgan fingerprint density at radius 2 is 2.32 bits per heavy atom. The number of unbranched alkanes of at least 4 members (excludes halogenated alkanes) is 1. The molecule has 4 N–H and O–H groups in total. The van der Waals surface area contributed by atoms with Gasteiger partial charge in [0.2, 0.25) is 5.71 Å². The molecule has 0 radical (unpaired) electrons. The zero-order valence-electron chi connectivity index (χ0n) is 10.7. The summed E-state index contributed by atoms with van der Waals surface area (Å²) in [5.74, 6) is -0.356. The zero-order chi connectivity index (χ0) is 14.3. The summed E-state index contributed by atoms with van der Waals surface area (Å²) in [7, 11) is 0. The highest BCUT2D eigenvalue weighted by molar-refractivity contribution is 9.10. The average molecular weight is 322 g/mol. The number of nitriles is 1. The second-order valence-electron chi connectivity index (χ2n) is 4.02. The number of nitrogens with two attached hydrogens (primary N) is 1. The fourth-order valence-corrected chi connectivity index (χ4v) is 1.96. The van der Waals surface area contributed by atoms with E-state index in [1.165, 1.54) is 5.56 Å². The minimum atomic E-state index is -0.356. The number of amidine groups is 1. The van der Waals surface area contributed by atoms with Crippen LogP contribution in [0.1, 0.15) is 25.3 Å². The van der Waals surface area contributed by atoms with Crippen molar-refractivity contribution in [2.45, 2.75) is 26.2 Å². The molecule has 0 saturated carbocycles. The van der Waals surface area contributed by atoms with Crippen molar-refractivity contribution in [2.24, 2.45) is 10.8 Å². The number of nitrogens with one attached hydrogen (secondary N) is 2. The Morgan fingerprint density at radius 3 is 2.84 bits per heavy atom.